The fourth-order valence-corrected chi connectivity index (χ4v) is 3.55. The molecule has 0 amide bonds. The highest BCUT2D eigenvalue weighted by Gasteiger charge is 2.16. The van der Waals surface area contributed by atoms with Crippen LogP contribution in [0.5, 0.6) is 17.2 Å². The number of hydrogen-bond acceptors (Lipinski definition) is 5. The van der Waals surface area contributed by atoms with Gasteiger partial charge < -0.3 is 19.7 Å². The molecule has 156 valence electrons. The zero-order valence-electron chi connectivity index (χ0n) is 17.3. The second-order valence-corrected chi connectivity index (χ2v) is 7.62. The van der Waals surface area contributed by atoms with E-state index in [1.165, 1.54) is 31.7 Å². The van der Waals surface area contributed by atoms with E-state index in [-0.39, 0.29) is 5.75 Å². The summed E-state index contributed by atoms with van der Waals surface area (Å²) in [7, 11) is 1.44. The molecule has 3 aromatic rings. The second kappa shape index (κ2) is 9.03. The van der Waals surface area contributed by atoms with Gasteiger partial charge in [0, 0.05) is 36.6 Å². The van der Waals surface area contributed by atoms with Crippen LogP contribution in [0, 0.1) is 11.7 Å². The molecule has 0 spiro atoms. The Balaban J connectivity index is 1.41. The van der Waals surface area contributed by atoms with Gasteiger partial charge in [0.15, 0.2) is 11.6 Å². The highest BCUT2D eigenvalue weighted by atomic mass is 19.1. The summed E-state index contributed by atoms with van der Waals surface area (Å²) < 4.78 is 24.6. The van der Waals surface area contributed by atoms with Crippen molar-refractivity contribution in [2.24, 2.45) is 5.92 Å². The molecule has 1 aliphatic heterocycles. The molecule has 0 radical (unpaired) electrons. The molecular weight excluding hydrogens is 381 g/mol. The normalized spacial score (nSPS) is 14.4. The Morgan fingerprint density at radius 3 is 2.60 bits per heavy atom. The lowest BCUT2D eigenvalue weighted by Gasteiger charge is -2.32. The SMILES string of the molecule is COc1cc(Nc2ccc(Oc3cccc(N4CCC(C)CC4)c3)cn2)ccc1F. The number of hydrogen-bond donors (Lipinski definition) is 1. The van der Waals surface area contributed by atoms with Crippen molar-refractivity contribution in [3.8, 4) is 17.2 Å². The maximum Gasteiger partial charge on any atom is 0.165 e. The van der Waals surface area contributed by atoms with E-state index in [9.17, 15) is 4.39 Å². The van der Waals surface area contributed by atoms with E-state index in [1.807, 2.05) is 24.3 Å². The summed E-state index contributed by atoms with van der Waals surface area (Å²) in [5.41, 5.74) is 1.88. The predicted octanol–water partition coefficient (Wildman–Crippen LogP) is 6.00. The van der Waals surface area contributed by atoms with E-state index in [1.54, 1.807) is 18.3 Å². The van der Waals surface area contributed by atoms with Crippen LogP contribution >= 0.6 is 0 Å². The minimum absolute atomic E-state index is 0.183. The topological polar surface area (TPSA) is 46.6 Å². The molecule has 0 unspecified atom stereocenters. The number of rotatable bonds is 6. The summed E-state index contributed by atoms with van der Waals surface area (Å²) >= 11 is 0. The van der Waals surface area contributed by atoms with Crippen molar-refractivity contribution in [2.75, 3.05) is 30.4 Å². The average molecular weight is 407 g/mol. The van der Waals surface area contributed by atoms with Crippen molar-refractivity contribution in [1.82, 2.24) is 4.98 Å². The number of piperidine rings is 1. The zero-order chi connectivity index (χ0) is 20.9. The number of benzene rings is 2. The minimum atomic E-state index is -0.402. The van der Waals surface area contributed by atoms with Crippen molar-refractivity contribution in [1.29, 1.82) is 0 Å². The Kier molecular flexibility index (Phi) is 6.02. The van der Waals surface area contributed by atoms with Gasteiger partial charge in [-0.2, -0.15) is 0 Å². The molecule has 6 heteroatoms. The van der Waals surface area contributed by atoms with Gasteiger partial charge in [-0.25, -0.2) is 9.37 Å². The molecule has 2 aromatic carbocycles. The number of nitrogens with zero attached hydrogens (tertiary/aromatic N) is 2. The Hall–Kier alpha value is -3.28. The van der Waals surface area contributed by atoms with Crippen LogP contribution < -0.4 is 19.7 Å². The third-order valence-corrected chi connectivity index (χ3v) is 5.36. The molecule has 0 saturated carbocycles. The summed E-state index contributed by atoms with van der Waals surface area (Å²) in [5, 5.41) is 3.13. The Labute approximate surface area is 176 Å². The van der Waals surface area contributed by atoms with E-state index in [4.69, 9.17) is 9.47 Å². The molecule has 1 aliphatic rings. The third-order valence-electron chi connectivity index (χ3n) is 5.36. The minimum Gasteiger partial charge on any atom is -0.494 e. The van der Waals surface area contributed by atoms with E-state index in [0.29, 0.717) is 17.3 Å². The van der Waals surface area contributed by atoms with Crippen molar-refractivity contribution >= 4 is 17.2 Å². The van der Waals surface area contributed by atoms with Gasteiger partial charge in [0.05, 0.1) is 13.3 Å². The Morgan fingerprint density at radius 2 is 1.87 bits per heavy atom. The molecule has 1 aromatic heterocycles. The quantitative estimate of drug-likeness (QED) is 0.543. The van der Waals surface area contributed by atoms with Crippen LogP contribution in [-0.4, -0.2) is 25.2 Å². The van der Waals surface area contributed by atoms with Gasteiger partial charge in [-0.1, -0.05) is 13.0 Å². The first-order chi connectivity index (χ1) is 14.6. The monoisotopic (exact) mass is 407 g/mol. The lowest BCUT2D eigenvalue weighted by Crippen LogP contribution is -2.32. The molecule has 30 heavy (non-hydrogen) atoms. The number of ether oxygens (including phenoxy) is 2. The summed E-state index contributed by atoms with van der Waals surface area (Å²) in [6.45, 7) is 4.48. The first-order valence-corrected chi connectivity index (χ1v) is 10.2. The van der Waals surface area contributed by atoms with Crippen LogP contribution in [0.3, 0.4) is 0 Å². The van der Waals surface area contributed by atoms with Crippen LogP contribution in [0.4, 0.5) is 21.6 Å². The molecule has 5 nitrogen and oxygen atoms in total. The first kappa shape index (κ1) is 20.0. The fraction of sp³-hybridized carbons (Fsp3) is 0.292. The molecule has 1 fully saturated rings. The summed E-state index contributed by atoms with van der Waals surface area (Å²) in [4.78, 5) is 6.80. The van der Waals surface area contributed by atoms with Crippen molar-refractivity contribution < 1.29 is 13.9 Å². The molecule has 0 atom stereocenters. The van der Waals surface area contributed by atoms with Gasteiger partial charge in [-0.15, -0.1) is 0 Å². The smallest absolute Gasteiger partial charge is 0.165 e. The largest absolute Gasteiger partial charge is 0.494 e. The molecule has 4 rings (SSSR count). The van der Waals surface area contributed by atoms with Gasteiger partial charge >= 0.3 is 0 Å². The van der Waals surface area contributed by atoms with Gasteiger partial charge in [0.2, 0.25) is 0 Å². The standard InChI is InChI=1S/C24H26FN3O2/c1-17-10-12-28(13-11-17)19-4-3-5-20(15-19)30-21-7-9-24(26-16-21)27-18-6-8-22(25)23(14-18)29-2/h3-9,14-17H,10-13H2,1-2H3,(H,26,27). The first-order valence-electron chi connectivity index (χ1n) is 10.2. The maximum atomic E-state index is 13.5. The van der Waals surface area contributed by atoms with Gasteiger partial charge in [0.1, 0.15) is 17.3 Å². The average Bonchev–Trinajstić information content (AvgIpc) is 2.77. The molecular formula is C24H26FN3O2. The molecule has 0 aliphatic carbocycles. The summed E-state index contributed by atoms with van der Waals surface area (Å²) in [6.07, 6.45) is 4.12. The fourth-order valence-electron chi connectivity index (χ4n) is 3.55. The van der Waals surface area contributed by atoms with Gasteiger partial charge in [0.25, 0.3) is 0 Å². The lowest BCUT2D eigenvalue weighted by molar-refractivity contribution is 0.387. The highest BCUT2D eigenvalue weighted by molar-refractivity contribution is 5.59. The maximum absolute atomic E-state index is 13.5. The van der Waals surface area contributed by atoms with Crippen molar-refractivity contribution in [2.45, 2.75) is 19.8 Å². The number of anilines is 3. The van der Waals surface area contributed by atoms with Crippen LogP contribution in [0.15, 0.2) is 60.8 Å². The summed E-state index contributed by atoms with van der Waals surface area (Å²) in [5.74, 6) is 2.66. The Bertz CT molecular complexity index is 986. The van der Waals surface area contributed by atoms with Gasteiger partial charge in [-0.3, -0.25) is 0 Å². The van der Waals surface area contributed by atoms with Crippen LogP contribution in [0.1, 0.15) is 19.8 Å². The zero-order valence-corrected chi connectivity index (χ0v) is 17.3. The van der Waals surface area contributed by atoms with Crippen molar-refractivity contribution in [3.05, 3.63) is 66.6 Å². The predicted molar refractivity (Wildman–Crippen MR) is 118 cm³/mol. The lowest BCUT2D eigenvalue weighted by atomic mass is 9.99. The van der Waals surface area contributed by atoms with Gasteiger partial charge in [-0.05, 0) is 55.2 Å². The number of halogens is 1. The Morgan fingerprint density at radius 1 is 1.03 bits per heavy atom. The van der Waals surface area contributed by atoms with E-state index in [0.717, 1.165) is 24.8 Å². The van der Waals surface area contributed by atoms with Crippen molar-refractivity contribution in [3.63, 3.8) is 0 Å². The van der Waals surface area contributed by atoms with Crippen LogP contribution in [0.2, 0.25) is 0 Å². The molecule has 0 bridgehead atoms. The third kappa shape index (κ3) is 4.82. The number of pyridine rings is 1. The second-order valence-electron chi connectivity index (χ2n) is 7.62. The number of aromatic nitrogens is 1. The molecule has 1 saturated heterocycles. The van der Waals surface area contributed by atoms with E-state index >= 15 is 0 Å². The molecule has 1 N–H and O–H groups in total. The van der Waals surface area contributed by atoms with E-state index in [2.05, 4.69) is 34.3 Å². The van der Waals surface area contributed by atoms with Crippen LogP contribution in [0.25, 0.3) is 0 Å². The van der Waals surface area contributed by atoms with Crippen LogP contribution in [-0.2, 0) is 0 Å². The number of methoxy groups -OCH3 is 1. The van der Waals surface area contributed by atoms with E-state index < -0.39 is 5.82 Å². The summed E-state index contributed by atoms with van der Waals surface area (Å²) in [6, 6.07) is 16.4. The highest BCUT2D eigenvalue weighted by Crippen LogP contribution is 2.29. The molecule has 2 heterocycles. The number of nitrogens with one attached hydrogen (secondary N) is 1.